The van der Waals surface area contributed by atoms with Crippen molar-refractivity contribution >= 4 is 40.3 Å². The first-order chi connectivity index (χ1) is 14.5. The van der Waals surface area contributed by atoms with E-state index in [1.54, 1.807) is 43.5 Å². The van der Waals surface area contributed by atoms with Gasteiger partial charge in [-0.15, -0.1) is 0 Å². The Hall–Kier alpha value is -3.53. The number of pyridine rings is 1. The van der Waals surface area contributed by atoms with Crippen molar-refractivity contribution < 1.29 is 9.59 Å². The van der Waals surface area contributed by atoms with Crippen molar-refractivity contribution in [2.75, 3.05) is 30.9 Å². The Morgan fingerprint density at radius 2 is 2.10 bits per heavy atom. The summed E-state index contributed by atoms with van der Waals surface area (Å²) >= 11 is 0. The van der Waals surface area contributed by atoms with Crippen LogP contribution in [0.3, 0.4) is 0 Å². The summed E-state index contributed by atoms with van der Waals surface area (Å²) in [4.78, 5) is 44.1. The number of hydrogen-bond acceptors (Lipinski definition) is 7. The third-order valence-electron chi connectivity index (χ3n) is 5.51. The molecule has 0 aliphatic carbocycles. The van der Waals surface area contributed by atoms with Crippen LogP contribution in [0.5, 0.6) is 0 Å². The molecule has 10 heteroatoms. The molecule has 5 rings (SSSR count). The van der Waals surface area contributed by atoms with E-state index in [1.807, 2.05) is 6.07 Å². The highest BCUT2D eigenvalue weighted by molar-refractivity contribution is 5.98. The molecule has 0 saturated carbocycles. The predicted octanol–water partition coefficient (Wildman–Crippen LogP) is 1.27. The molecule has 2 fully saturated rings. The Morgan fingerprint density at radius 3 is 2.87 bits per heavy atom. The number of aromatic amines is 1. The number of nitrogens with one attached hydrogen (secondary N) is 3. The molecule has 30 heavy (non-hydrogen) atoms. The molecule has 3 N–H and O–H groups in total. The molecule has 2 aliphatic heterocycles. The quantitative estimate of drug-likeness (QED) is 0.597. The van der Waals surface area contributed by atoms with E-state index in [0.717, 1.165) is 23.9 Å². The van der Waals surface area contributed by atoms with Crippen LogP contribution in [0.15, 0.2) is 30.6 Å². The summed E-state index contributed by atoms with van der Waals surface area (Å²) in [6, 6.07) is 5.68. The molecule has 2 saturated heterocycles. The van der Waals surface area contributed by atoms with Gasteiger partial charge in [-0.3, -0.25) is 9.59 Å². The maximum absolute atomic E-state index is 12.5. The Bertz CT molecular complexity index is 1120. The Morgan fingerprint density at radius 1 is 1.23 bits per heavy atom. The summed E-state index contributed by atoms with van der Waals surface area (Å²) in [7, 11) is 3.39. The van der Waals surface area contributed by atoms with Crippen molar-refractivity contribution in [1.29, 1.82) is 0 Å². The van der Waals surface area contributed by atoms with E-state index in [0.29, 0.717) is 35.7 Å². The number of carbonyl (C=O) groups is 2. The van der Waals surface area contributed by atoms with Crippen LogP contribution in [0.2, 0.25) is 0 Å². The van der Waals surface area contributed by atoms with Crippen molar-refractivity contribution in [2.45, 2.75) is 24.9 Å². The van der Waals surface area contributed by atoms with Gasteiger partial charge in [0.1, 0.15) is 17.2 Å². The highest BCUT2D eigenvalue weighted by atomic mass is 16.2. The molecule has 3 aromatic rings. The summed E-state index contributed by atoms with van der Waals surface area (Å²) in [5.41, 5.74) is 1.81. The zero-order valence-corrected chi connectivity index (χ0v) is 16.7. The molecule has 154 valence electrons. The van der Waals surface area contributed by atoms with Crippen LogP contribution in [0, 0.1) is 0 Å². The van der Waals surface area contributed by atoms with Gasteiger partial charge in [-0.1, -0.05) is 0 Å². The van der Waals surface area contributed by atoms with Crippen molar-refractivity contribution in [3.05, 3.63) is 36.3 Å². The molecule has 2 atom stereocenters. The van der Waals surface area contributed by atoms with Crippen LogP contribution >= 0.6 is 0 Å². The number of nitrogens with zero attached hydrogens (tertiary/aromatic N) is 5. The zero-order chi connectivity index (χ0) is 20.8. The number of H-pyrrole nitrogens is 1. The third kappa shape index (κ3) is 3.24. The largest absolute Gasteiger partial charge is 0.344 e. The van der Waals surface area contributed by atoms with Crippen LogP contribution in [0.1, 0.15) is 23.3 Å². The first-order valence-corrected chi connectivity index (χ1v) is 9.86. The number of aromatic nitrogens is 4. The monoisotopic (exact) mass is 406 g/mol. The second-order valence-corrected chi connectivity index (χ2v) is 7.85. The first kappa shape index (κ1) is 18.5. The van der Waals surface area contributed by atoms with Gasteiger partial charge < -0.3 is 25.4 Å². The number of piperazine rings is 1. The number of anilines is 3. The van der Waals surface area contributed by atoms with Gasteiger partial charge in [-0.2, -0.15) is 4.98 Å². The molecule has 2 bridgehead atoms. The molecule has 0 aromatic carbocycles. The van der Waals surface area contributed by atoms with E-state index in [4.69, 9.17) is 0 Å². The maximum Gasteiger partial charge on any atom is 0.269 e. The minimum Gasteiger partial charge on any atom is -0.344 e. The molecular formula is C20H22N8O2. The third-order valence-corrected chi connectivity index (χ3v) is 5.51. The molecule has 2 unspecified atom stereocenters. The Labute approximate surface area is 172 Å². The van der Waals surface area contributed by atoms with E-state index >= 15 is 0 Å². The normalized spacial score (nSPS) is 20.6. The minimum atomic E-state index is -0.129. The average molecular weight is 406 g/mol. The van der Waals surface area contributed by atoms with Crippen molar-refractivity contribution in [2.24, 2.45) is 0 Å². The van der Waals surface area contributed by atoms with Crippen LogP contribution in [-0.2, 0) is 4.79 Å². The van der Waals surface area contributed by atoms with Crippen LogP contribution in [0.4, 0.5) is 17.5 Å². The molecule has 2 aliphatic rings. The van der Waals surface area contributed by atoms with Crippen LogP contribution < -0.4 is 15.5 Å². The second-order valence-electron chi connectivity index (χ2n) is 7.85. The fraction of sp³-hybridized carbons (Fsp3) is 0.350. The number of rotatable bonds is 4. The average Bonchev–Trinajstić information content (AvgIpc) is 3.35. The van der Waals surface area contributed by atoms with Gasteiger partial charge in [0, 0.05) is 38.3 Å². The van der Waals surface area contributed by atoms with Crippen molar-refractivity contribution in [3.8, 4) is 0 Å². The molecule has 5 heterocycles. The van der Waals surface area contributed by atoms with Crippen molar-refractivity contribution in [3.63, 3.8) is 0 Å². The lowest BCUT2D eigenvalue weighted by Crippen LogP contribution is -2.55. The van der Waals surface area contributed by atoms with E-state index in [9.17, 15) is 9.59 Å². The summed E-state index contributed by atoms with van der Waals surface area (Å²) in [5, 5.41) is 7.16. The zero-order valence-electron chi connectivity index (χ0n) is 16.7. The van der Waals surface area contributed by atoms with Gasteiger partial charge >= 0.3 is 0 Å². The fourth-order valence-corrected chi connectivity index (χ4v) is 3.96. The van der Waals surface area contributed by atoms with E-state index < -0.39 is 0 Å². The second kappa shape index (κ2) is 7.06. The predicted molar refractivity (Wildman–Crippen MR) is 112 cm³/mol. The maximum atomic E-state index is 12.5. The number of carbonyl (C=O) groups excluding carboxylic acids is 2. The fourth-order valence-electron chi connectivity index (χ4n) is 3.96. The minimum absolute atomic E-state index is 0.0771. The smallest absolute Gasteiger partial charge is 0.269 e. The summed E-state index contributed by atoms with van der Waals surface area (Å²) in [5.74, 6) is 0.912. The van der Waals surface area contributed by atoms with Crippen molar-refractivity contribution in [1.82, 2.24) is 30.2 Å². The SMILES string of the molecule is CN(C)C(=O)c1cc2cnc(Nc3ccc(N4CC5CCC(N5)C4=O)cn3)nc2[nH]1. The number of fused-ring (bicyclic) bond motifs is 3. The summed E-state index contributed by atoms with van der Waals surface area (Å²) in [6.45, 7) is 0.671. The van der Waals surface area contributed by atoms with Gasteiger partial charge in [0.15, 0.2) is 0 Å². The van der Waals surface area contributed by atoms with Gasteiger partial charge in [0.25, 0.3) is 5.91 Å². The van der Waals surface area contributed by atoms with Gasteiger partial charge in [0.05, 0.1) is 17.9 Å². The molecule has 3 aromatic heterocycles. The molecule has 10 nitrogen and oxygen atoms in total. The standard InChI is InChI=1S/C20H22N8O2/c1-27(2)18(29)15-7-11-8-22-20(26-17(11)24-15)25-16-6-4-13(9-21-16)28-10-12-3-5-14(23-12)19(28)30/h4,6-9,12,14,23H,3,5,10H2,1-2H3,(H2,21,22,24,25,26). The topological polar surface area (TPSA) is 119 Å². The molecule has 0 spiro atoms. The molecular weight excluding hydrogens is 384 g/mol. The van der Waals surface area contributed by atoms with Crippen LogP contribution in [0.25, 0.3) is 11.0 Å². The van der Waals surface area contributed by atoms with E-state index in [2.05, 4.69) is 30.6 Å². The van der Waals surface area contributed by atoms with E-state index in [1.165, 1.54) is 4.90 Å². The van der Waals surface area contributed by atoms with E-state index in [-0.39, 0.29) is 17.9 Å². The van der Waals surface area contributed by atoms with Gasteiger partial charge in [-0.05, 0) is 31.0 Å². The first-order valence-electron chi connectivity index (χ1n) is 9.86. The van der Waals surface area contributed by atoms with Gasteiger partial charge in [0.2, 0.25) is 11.9 Å². The Kier molecular flexibility index (Phi) is 4.35. The lowest BCUT2D eigenvalue weighted by atomic mass is 10.2. The number of amides is 2. The highest BCUT2D eigenvalue weighted by Crippen LogP contribution is 2.26. The lowest BCUT2D eigenvalue weighted by Gasteiger charge is -2.32. The molecule has 0 radical (unpaired) electrons. The Balaban J connectivity index is 1.32. The lowest BCUT2D eigenvalue weighted by molar-refractivity contribution is -0.121. The van der Waals surface area contributed by atoms with Gasteiger partial charge in [-0.25, -0.2) is 9.97 Å². The number of hydrogen-bond donors (Lipinski definition) is 3. The van der Waals surface area contributed by atoms with Crippen LogP contribution in [-0.4, -0.2) is 69.4 Å². The summed E-state index contributed by atoms with van der Waals surface area (Å²) in [6.07, 6.45) is 5.26. The summed E-state index contributed by atoms with van der Waals surface area (Å²) < 4.78 is 0. The molecule has 2 amide bonds. The highest BCUT2D eigenvalue weighted by Gasteiger charge is 2.39.